The van der Waals surface area contributed by atoms with Crippen molar-refractivity contribution in [1.29, 1.82) is 0 Å². The van der Waals surface area contributed by atoms with Crippen molar-refractivity contribution in [2.75, 3.05) is 0 Å². The lowest BCUT2D eigenvalue weighted by Gasteiger charge is -2.06. The first kappa shape index (κ1) is 9.87. The predicted octanol–water partition coefficient (Wildman–Crippen LogP) is 3.98. The minimum Gasteiger partial charge on any atom is -0.207 e. The fourth-order valence-electron chi connectivity index (χ4n) is 0.825. The first-order valence-electron chi connectivity index (χ1n) is 3.71. The van der Waals surface area contributed by atoms with Crippen LogP contribution in [-0.2, 0) is 0 Å². The van der Waals surface area contributed by atoms with Crippen LogP contribution in [0.5, 0.6) is 0 Å². The normalized spacial score (nSPS) is 10.8. The van der Waals surface area contributed by atoms with Crippen molar-refractivity contribution in [3.63, 3.8) is 0 Å². The molecule has 12 heavy (non-hydrogen) atoms. The number of benzene rings is 1. The second kappa shape index (κ2) is 4.15. The smallest absolute Gasteiger partial charge is 0.124 e. The minimum absolute atomic E-state index is 0.284. The van der Waals surface area contributed by atoms with E-state index >= 15 is 0 Å². The lowest BCUT2D eigenvalue weighted by atomic mass is 10.3. The molecule has 0 nitrogen and oxygen atoms in total. The Kier molecular flexibility index (Phi) is 3.41. The van der Waals surface area contributed by atoms with Crippen LogP contribution in [0.2, 0.25) is 5.02 Å². The zero-order chi connectivity index (χ0) is 9.14. The summed E-state index contributed by atoms with van der Waals surface area (Å²) in [6.45, 7) is 4.15. The van der Waals surface area contributed by atoms with Gasteiger partial charge in [-0.15, -0.1) is 11.8 Å². The van der Waals surface area contributed by atoms with E-state index in [-0.39, 0.29) is 5.82 Å². The van der Waals surface area contributed by atoms with Gasteiger partial charge in [-0.05, 0) is 18.2 Å². The molecule has 0 saturated heterocycles. The third-order valence-corrected chi connectivity index (χ3v) is 2.76. The molecule has 3 heteroatoms. The van der Waals surface area contributed by atoms with E-state index in [9.17, 15) is 4.39 Å². The summed E-state index contributed by atoms with van der Waals surface area (Å²) in [4.78, 5) is 0.938. The molecule has 0 amide bonds. The predicted molar refractivity (Wildman–Crippen MR) is 52.4 cm³/mol. The van der Waals surface area contributed by atoms with Crippen LogP contribution in [0.25, 0.3) is 0 Å². The summed E-state index contributed by atoms with van der Waals surface area (Å²) >= 11 is 7.45. The van der Waals surface area contributed by atoms with E-state index in [4.69, 9.17) is 11.6 Å². The van der Waals surface area contributed by atoms with Crippen molar-refractivity contribution in [2.45, 2.75) is 24.0 Å². The fourth-order valence-corrected chi connectivity index (χ4v) is 1.95. The second-order valence-electron chi connectivity index (χ2n) is 2.74. The highest BCUT2D eigenvalue weighted by atomic mass is 35.5. The van der Waals surface area contributed by atoms with Gasteiger partial charge < -0.3 is 0 Å². The summed E-state index contributed by atoms with van der Waals surface area (Å²) in [6.07, 6.45) is 0. The Hall–Kier alpha value is -0.210. The molecule has 0 aromatic heterocycles. The highest BCUT2D eigenvalue weighted by Crippen LogP contribution is 2.30. The molecule has 0 heterocycles. The largest absolute Gasteiger partial charge is 0.207 e. The summed E-state index contributed by atoms with van der Waals surface area (Å²) in [5.74, 6) is -0.284. The Morgan fingerprint density at radius 2 is 2.08 bits per heavy atom. The van der Waals surface area contributed by atoms with Gasteiger partial charge in [-0.2, -0.15) is 0 Å². The molecule has 0 aliphatic heterocycles. The first-order chi connectivity index (χ1) is 5.59. The van der Waals surface area contributed by atoms with E-state index in [0.29, 0.717) is 10.3 Å². The molecule has 0 radical (unpaired) electrons. The molecule has 0 spiro atoms. The molecular formula is C9H10ClFS. The number of rotatable bonds is 2. The van der Waals surface area contributed by atoms with Crippen molar-refractivity contribution in [1.82, 2.24) is 0 Å². The van der Waals surface area contributed by atoms with Crippen molar-refractivity contribution >= 4 is 23.4 Å². The number of hydrogen-bond donors (Lipinski definition) is 0. The second-order valence-corrected chi connectivity index (χ2v) is 4.77. The van der Waals surface area contributed by atoms with Crippen molar-refractivity contribution in [3.05, 3.63) is 29.0 Å². The maximum Gasteiger partial charge on any atom is 0.124 e. The van der Waals surface area contributed by atoms with Gasteiger partial charge in [-0.1, -0.05) is 25.4 Å². The third-order valence-electron chi connectivity index (χ3n) is 1.26. The van der Waals surface area contributed by atoms with Gasteiger partial charge in [0.05, 0.1) is 5.02 Å². The summed E-state index contributed by atoms with van der Waals surface area (Å²) in [5.41, 5.74) is 0. The topological polar surface area (TPSA) is 0 Å². The van der Waals surface area contributed by atoms with Crippen LogP contribution >= 0.6 is 23.4 Å². The highest BCUT2D eigenvalue weighted by Gasteiger charge is 2.04. The van der Waals surface area contributed by atoms with Crippen LogP contribution in [0.3, 0.4) is 0 Å². The molecule has 0 atom stereocenters. The number of halogens is 2. The van der Waals surface area contributed by atoms with E-state index in [0.717, 1.165) is 4.90 Å². The van der Waals surface area contributed by atoms with Crippen molar-refractivity contribution < 1.29 is 4.39 Å². The van der Waals surface area contributed by atoms with E-state index in [1.807, 2.05) is 0 Å². The maximum atomic E-state index is 12.6. The van der Waals surface area contributed by atoms with Gasteiger partial charge in [0, 0.05) is 10.1 Å². The maximum absolute atomic E-state index is 12.6. The van der Waals surface area contributed by atoms with Crippen LogP contribution in [0, 0.1) is 5.82 Å². The van der Waals surface area contributed by atoms with Gasteiger partial charge in [0.15, 0.2) is 0 Å². The Morgan fingerprint density at radius 1 is 1.42 bits per heavy atom. The Balaban J connectivity index is 2.86. The summed E-state index contributed by atoms with van der Waals surface area (Å²) in [6, 6.07) is 4.48. The summed E-state index contributed by atoms with van der Waals surface area (Å²) in [5, 5.41) is 0.960. The molecule has 0 bridgehead atoms. The number of thioether (sulfide) groups is 1. The SMILES string of the molecule is CC(C)Sc1ccc(F)cc1Cl. The Morgan fingerprint density at radius 3 is 2.58 bits per heavy atom. The fraction of sp³-hybridized carbons (Fsp3) is 0.333. The Labute approximate surface area is 81.1 Å². The van der Waals surface area contributed by atoms with Crippen LogP contribution < -0.4 is 0 Å². The first-order valence-corrected chi connectivity index (χ1v) is 4.97. The molecule has 1 aromatic rings. The van der Waals surface area contributed by atoms with Crippen LogP contribution in [0.4, 0.5) is 4.39 Å². The van der Waals surface area contributed by atoms with Crippen LogP contribution in [0.15, 0.2) is 23.1 Å². The standard InChI is InChI=1S/C9H10ClFS/c1-6(2)12-9-4-3-7(11)5-8(9)10/h3-6H,1-2H3. The van der Waals surface area contributed by atoms with E-state index in [1.54, 1.807) is 17.8 Å². The van der Waals surface area contributed by atoms with E-state index in [2.05, 4.69) is 13.8 Å². The number of hydrogen-bond acceptors (Lipinski definition) is 1. The molecule has 0 fully saturated rings. The average Bonchev–Trinajstić information content (AvgIpc) is 1.94. The molecule has 0 aliphatic carbocycles. The lowest BCUT2D eigenvalue weighted by molar-refractivity contribution is 0.626. The zero-order valence-electron chi connectivity index (χ0n) is 6.97. The summed E-state index contributed by atoms with van der Waals surface area (Å²) in [7, 11) is 0. The molecule has 0 aliphatic rings. The molecule has 0 unspecified atom stereocenters. The minimum atomic E-state index is -0.284. The zero-order valence-corrected chi connectivity index (χ0v) is 8.55. The molecule has 0 N–H and O–H groups in total. The highest BCUT2D eigenvalue weighted by molar-refractivity contribution is 8.00. The quantitative estimate of drug-likeness (QED) is 0.657. The van der Waals surface area contributed by atoms with Crippen molar-refractivity contribution in [3.8, 4) is 0 Å². The lowest BCUT2D eigenvalue weighted by Crippen LogP contribution is -1.87. The van der Waals surface area contributed by atoms with E-state index < -0.39 is 0 Å². The Bertz CT molecular complexity index is 273. The van der Waals surface area contributed by atoms with Gasteiger partial charge in [0.1, 0.15) is 5.82 Å². The average molecular weight is 205 g/mol. The van der Waals surface area contributed by atoms with Gasteiger partial charge in [0.2, 0.25) is 0 Å². The monoisotopic (exact) mass is 204 g/mol. The van der Waals surface area contributed by atoms with Gasteiger partial charge in [0.25, 0.3) is 0 Å². The molecular weight excluding hydrogens is 195 g/mol. The van der Waals surface area contributed by atoms with Gasteiger partial charge in [-0.25, -0.2) is 4.39 Å². The van der Waals surface area contributed by atoms with Gasteiger partial charge in [-0.3, -0.25) is 0 Å². The van der Waals surface area contributed by atoms with Crippen LogP contribution in [0.1, 0.15) is 13.8 Å². The van der Waals surface area contributed by atoms with Crippen LogP contribution in [-0.4, -0.2) is 5.25 Å². The molecule has 1 rings (SSSR count). The molecule has 66 valence electrons. The van der Waals surface area contributed by atoms with Crippen molar-refractivity contribution in [2.24, 2.45) is 0 Å². The summed E-state index contributed by atoms with van der Waals surface area (Å²) < 4.78 is 12.6. The van der Waals surface area contributed by atoms with Gasteiger partial charge >= 0.3 is 0 Å². The molecule has 1 aromatic carbocycles. The van der Waals surface area contributed by atoms with E-state index in [1.165, 1.54) is 12.1 Å². The molecule has 0 saturated carbocycles. The third kappa shape index (κ3) is 2.68.